The average Bonchev–Trinajstić information content (AvgIpc) is 3.00. The summed E-state index contributed by atoms with van der Waals surface area (Å²) in [7, 11) is 0. The van der Waals surface area contributed by atoms with Crippen LogP contribution in [-0.2, 0) is 11.3 Å². The second-order valence-electron chi connectivity index (χ2n) is 7.53. The molecule has 0 radical (unpaired) electrons. The van der Waals surface area contributed by atoms with Crippen molar-refractivity contribution in [1.29, 1.82) is 0 Å². The van der Waals surface area contributed by atoms with Crippen molar-refractivity contribution in [2.24, 2.45) is 5.92 Å². The van der Waals surface area contributed by atoms with Gasteiger partial charge in [0.05, 0.1) is 30.2 Å². The third-order valence-corrected chi connectivity index (χ3v) is 4.95. The van der Waals surface area contributed by atoms with E-state index in [-0.39, 0.29) is 17.8 Å². The highest BCUT2D eigenvalue weighted by Crippen LogP contribution is 2.29. The summed E-state index contributed by atoms with van der Waals surface area (Å²) in [5.41, 5.74) is 1.89. The van der Waals surface area contributed by atoms with Crippen molar-refractivity contribution in [1.82, 2.24) is 14.9 Å². The molecular formula is C22H25N3O2. The summed E-state index contributed by atoms with van der Waals surface area (Å²) < 4.78 is 7.72. The van der Waals surface area contributed by atoms with Gasteiger partial charge in [-0.05, 0) is 30.0 Å². The fourth-order valence-corrected chi connectivity index (χ4v) is 3.72. The van der Waals surface area contributed by atoms with E-state index >= 15 is 0 Å². The van der Waals surface area contributed by atoms with Crippen molar-refractivity contribution < 1.29 is 4.74 Å². The van der Waals surface area contributed by atoms with E-state index in [2.05, 4.69) is 19.2 Å². The highest BCUT2D eigenvalue weighted by Gasteiger charge is 2.33. The van der Waals surface area contributed by atoms with Crippen LogP contribution in [0.1, 0.15) is 43.9 Å². The molecule has 2 heterocycles. The molecule has 0 amide bonds. The van der Waals surface area contributed by atoms with Gasteiger partial charge in [-0.2, -0.15) is 0 Å². The quantitative estimate of drug-likeness (QED) is 0.724. The number of nitrogens with one attached hydrogen (secondary N) is 1. The Morgan fingerprint density at radius 2 is 1.85 bits per heavy atom. The van der Waals surface area contributed by atoms with Gasteiger partial charge in [-0.15, -0.1) is 0 Å². The number of benzene rings is 2. The van der Waals surface area contributed by atoms with Gasteiger partial charge in [-0.1, -0.05) is 56.3 Å². The summed E-state index contributed by atoms with van der Waals surface area (Å²) in [5.74, 6) is 1.32. The number of ether oxygens (including phenoxy) is 1. The molecule has 5 nitrogen and oxygen atoms in total. The number of hydrogen-bond donors (Lipinski definition) is 1. The van der Waals surface area contributed by atoms with Crippen LogP contribution in [0.3, 0.4) is 0 Å². The predicted octanol–water partition coefficient (Wildman–Crippen LogP) is 3.80. The first kappa shape index (κ1) is 17.9. The molecule has 4 rings (SSSR count). The van der Waals surface area contributed by atoms with Crippen LogP contribution in [0.15, 0.2) is 59.4 Å². The average molecular weight is 363 g/mol. The number of fused-ring (bicyclic) bond motifs is 2. The topological polar surface area (TPSA) is 56.1 Å². The number of aromatic nitrogens is 2. The van der Waals surface area contributed by atoms with E-state index in [1.807, 2.05) is 54.6 Å². The molecule has 0 spiro atoms. The predicted molar refractivity (Wildman–Crippen MR) is 106 cm³/mol. The van der Waals surface area contributed by atoms with Crippen LogP contribution in [-0.4, -0.2) is 16.2 Å². The molecule has 0 saturated carbocycles. The molecular weight excluding hydrogens is 338 g/mol. The molecule has 0 fully saturated rings. The lowest BCUT2D eigenvalue weighted by Crippen LogP contribution is -2.31. The van der Waals surface area contributed by atoms with Gasteiger partial charge >= 0.3 is 0 Å². The third kappa shape index (κ3) is 3.66. The molecule has 140 valence electrons. The van der Waals surface area contributed by atoms with Crippen molar-refractivity contribution in [2.45, 2.75) is 39.1 Å². The van der Waals surface area contributed by atoms with E-state index in [0.717, 1.165) is 23.3 Å². The number of para-hydroxylation sites is 1. The molecule has 1 aromatic heterocycles. The van der Waals surface area contributed by atoms with E-state index in [1.165, 1.54) is 0 Å². The SMILES string of the molecule is CC(C)C[C@H]1NC(COCc2ccccc2)n2c1nc1ccccc1c2=O. The fraction of sp³-hybridized carbons (Fsp3) is 0.364. The summed E-state index contributed by atoms with van der Waals surface area (Å²) in [4.78, 5) is 17.9. The maximum Gasteiger partial charge on any atom is 0.262 e. The third-order valence-electron chi connectivity index (χ3n) is 4.95. The fourth-order valence-electron chi connectivity index (χ4n) is 3.72. The van der Waals surface area contributed by atoms with Crippen molar-refractivity contribution >= 4 is 10.9 Å². The zero-order chi connectivity index (χ0) is 18.8. The molecule has 27 heavy (non-hydrogen) atoms. The van der Waals surface area contributed by atoms with Crippen LogP contribution in [0.5, 0.6) is 0 Å². The highest BCUT2D eigenvalue weighted by atomic mass is 16.5. The first-order valence-corrected chi connectivity index (χ1v) is 9.52. The van der Waals surface area contributed by atoms with Crippen LogP contribution in [0.4, 0.5) is 0 Å². The molecule has 5 heteroatoms. The second-order valence-corrected chi connectivity index (χ2v) is 7.53. The minimum atomic E-state index is -0.197. The van der Waals surface area contributed by atoms with Crippen LogP contribution in [0.25, 0.3) is 10.9 Å². The lowest BCUT2D eigenvalue weighted by molar-refractivity contribution is 0.0818. The van der Waals surface area contributed by atoms with Crippen LogP contribution in [0.2, 0.25) is 0 Å². The van der Waals surface area contributed by atoms with Crippen LogP contribution >= 0.6 is 0 Å². The zero-order valence-electron chi connectivity index (χ0n) is 15.8. The van der Waals surface area contributed by atoms with Crippen molar-refractivity contribution in [2.75, 3.05) is 6.61 Å². The largest absolute Gasteiger partial charge is 0.373 e. The van der Waals surface area contributed by atoms with Crippen molar-refractivity contribution in [3.05, 3.63) is 76.3 Å². The van der Waals surface area contributed by atoms with E-state index in [1.54, 1.807) is 4.57 Å². The minimum Gasteiger partial charge on any atom is -0.373 e. The first-order chi connectivity index (χ1) is 13.1. The van der Waals surface area contributed by atoms with E-state index < -0.39 is 0 Å². The van der Waals surface area contributed by atoms with Crippen molar-refractivity contribution in [3.63, 3.8) is 0 Å². The maximum absolute atomic E-state index is 13.1. The lowest BCUT2D eigenvalue weighted by Gasteiger charge is -2.16. The summed E-state index contributed by atoms with van der Waals surface area (Å²) in [6.45, 7) is 5.32. The summed E-state index contributed by atoms with van der Waals surface area (Å²) in [5, 5.41) is 4.22. The van der Waals surface area contributed by atoms with Gasteiger partial charge in [-0.25, -0.2) is 4.98 Å². The van der Waals surface area contributed by atoms with Gasteiger partial charge in [0.15, 0.2) is 0 Å². The van der Waals surface area contributed by atoms with Gasteiger partial charge in [0.25, 0.3) is 5.56 Å². The van der Waals surface area contributed by atoms with Gasteiger partial charge in [0.2, 0.25) is 0 Å². The second kappa shape index (κ2) is 7.62. The Balaban J connectivity index is 1.62. The number of rotatable bonds is 6. The molecule has 0 saturated heterocycles. The monoisotopic (exact) mass is 363 g/mol. The summed E-state index contributed by atoms with van der Waals surface area (Å²) in [6, 6.07) is 17.7. The molecule has 1 aliphatic rings. The van der Waals surface area contributed by atoms with Crippen LogP contribution < -0.4 is 10.9 Å². The normalized spacial score (nSPS) is 18.9. The molecule has 1 N–H and O–H groups in total. The maximum atomic E-state index is 13.1. The number of hydrogen-bond acceptors (Lipinski definition) is 4. The zero-order valence-corrected chi connectivity index (χ0v) is 15.8. The molecule has 0 aliphatic carbocycles. The molecule has 0 bridgehead atoms. The van der Waals surface area contributed by atoms with Gasteiger partial charge in [0.1, 0.15) is 12.0 Å². The molecule has 1 aliphatic heterocycles. The van der Waals surface area contributed by atoms with Gasteiger partial charge in [0, 0.05) is 0 Å². The Morgan fingerprint density at radius 3 is 2.63 bits per heavy atom. The summed E-state index contributed by atoms with van der Waals surface area (Å²) >= 11 is 0. The number of nitrogens with zero attached hydrogens (tertiary/aromatic N) is 2. The van der Waals surface area contributed by atoms with Gasteiger partial charge in [-0.3, -0.25) is 14.7 Å². The Bertz CT molecular complexity index is 982. The van der Waals surface area contributed by atoms with Crippen molar-refractivity contribution in [3.8, 4) is 0 Å². The molecule has 1 unspecified atom stereocenters. The Hall–Kier alpha value is -2.50. The molecule has 2 aromatic carbocycles. The van der Waals surface area contributed by atoms with Crippen LogP contribution in [0, 0.1) is 5.92 Å². The summed E-state index contributed by atoms with van der Waals surface area (Å²) in [6.07, 6.45) is 0.733. The van der Waals surface area contributed by atoms with E-state index in [0.29, 0.717) is 24.5 Å². The van der Waals surface area contributed by atoms with E-state index in [9.17, 15) is 4.79 Å². The van der Waals surface area contributed by atoms with E-state index in [4.69, 9.17) is 9.72 Å². The Morgan fingerprint density at radius 1 is 1.11 bits per heavy atom. The Kier molecular flexibility index (Phi) is 5.05. The highest BCUT2D eigenvalue weighted by molar-refractivity contribution is 5.77. The lowest BCUT2D eigenvalue weighted by atomic mass is 10.0. The standard InChI is InChI=1S/C22H25N3O2/c1-15(2)12-19-21-24-18-11-7-6-10-17(18)22(26)25(21)20(23-19)14-27-13-16-8-4-3-5-9-16/h3-11,15,19-20,23H,12-14H2,1-2H3/t19-,20?/m1/s1. The molecule has 3 aromatic rings. The Labute approximate surface area is 159 Å². The minimum absolute atomic E-state index is 0.00247. The van der Waals surface area contributed by atoms with Gasteiger partial charge < -0.3 is 4.74 Å². The smallest absolute Gasteiger partial charge is 0.262 e. The molecule has 2 atom stereocenters. The first-order valence-electron chi connectivity index (χ1n) is 9.52.